The number of nitrogens with one attached hydrogen (secondary N) is 1. The van der Waals surface area contributed by atoms with E-state index in [0.717, 1.165) is 33.6 Å². The van der Waals surface area contributed by atoms with Crippen molar-refractivity contribution >= 4 is 51.9 Å². The number of benzene rings is 3. The maximum absolute atomic E-state index is 13.0. The monoisotopic (exact) mass is 528 g/mol. The molecule has 9 heteroatoms. The van der Waals surface area contributed by atoms with Crippen molar-refractivity contribution in [2.24, 2.45) is 0 Å². The second kappa shape index (κ2) is 10.7. The van der Waals surface area contributed by atoms with Gasteiger partial charge in [-0.15, -0.1) is 0 Å². The third kappa shape index (κ3) is 5.58. The lowest BCUT2D eigenvalue weighted by Crippen LogP contribution is -2.34. The Kier molecular flexibility index (Phi) is 7.07. The number of hydrogen-bond donors (Lipinski definition) is 2. The first-order chi connectivity index (χ1) is 18.0. The highest BCUT2D eigenvalue weighted by Gasteiger charge is 2.33. The molecule has 5 rings (SSSR count). The van der Waals surface area contributed by atoms with E-state index in [9.17, 15) is 14.7 Å². The molecule has 0 atom stereocenters. The number of carbonyl (C=O) groups excluding carboxylic acids is 1. The molecule has 1 aliphatic rings. The number of hydrazine groups is 1. The van der Waals surface area contributed by atoms with E-state index in [4.69, 9.17) is 21.4 Å². The van der Waals surface area contributed by atoms with Crippen molar-refractivity contribution in [1.82, 2.24) is 5.01 Å². The molecule has 0 saturated carbocycles. The van der Waals surface area contributed by atoms with Crippen molar-refractivity contribution in [3.05, 3.63) is 113 Å². The molecule has 1 aromatic heterocycles. The van der Waals surface area contributed by atoms with Crippen molar-refractivity contribution in [3.63, 3.8) is 0 Å². The number of hydrogen-bond acceptors (Lipinski definition) is 7. The van der Waals surface area contributed by atoms with Crippen LogP contribution in [-0.4, -0.2) is 26.3 Å². The Morgan fingerprint density at radius 1 is 1.00 bits per heavy atom. The molecule has 0 unspecified atom stereocenters. The van der Waals surface area contributed by atoms with Gasteiger partial charge < -0.3 is 14.3 Å². The minimum absolute atomic E-state index is 0.0349. The van der Waals surface area contributed by atoms with Gasteiger partial charge in [-0.3, -0.25) is 10.2 Å². The van der Waals surface area contributed by atoms with Crippen LogP contribution >= 0.6 is 24.0 Å². The Balaban J connectivity index is 1.26. The molecule has 0 aliphatic carbocycles. The van der Waals surface area contributed by atoms with Gasteiger partial charge in [0.2, 0.25) is 0 Å². The highest BCUT2D eigenvalue weighted by Crippen LogP contribution is 2.34. The largest absolute Gasteiger partial charge is 0.489 e. The lowest BCUT2D eigenvalue weighted by atomic mass is 10.1. The first kappa shape index (κ1) is 24.4. The normalized spacial score (nSPS) is 14.3. The van der Waals surface area contributed by atoms with E-state index in [1.165, 1.54) is 6.07 Å². The summed E-state index contributed by atoms with van der Waals surface area (Å²) in [5.74, 6) is 0.381. The number of carbonyl (C=O) groups is 2. The van der Waals surface area contributed by atoms with E-state index in [2.05, 4.69) is 5.43 Å². The maximum Gasteiger partial charge on any atom is 0.337 e. The fourth-order valence-electron chi connectivity index (χ4n) is 3.62. The summed E-state index contributed by atoms with van der Waals surface area (Å²) in [6.07, 6.45) is 1.62. The average Bonchev–Trinajstić information content (AvgIpc) is 3.49. The minimum atomic E-state index is -1.11. The topological polar surface area (TPSA) is 92.0 Å². The van der Waals surface area contributed by atoms with Crippen LogP contribution in [0.4, 0.5) is 5.69 Å². The number of rotatable bonds is 8. The average molecular weight is 529 g/mol. The van der Waals surface area contributed by atoms with Crippen LogP contribution in [0.3, 0.4) is 0 Å². The molecule has 0 spiro atoms. The molecule has 1 amide bonds. The lowest BCUT2D eigenvalue weighted by molar-refractivity contribution is -0.121. The summed E-state index contributed by atoms with van der Waals surface area (Å²) in [6, 6.07) is 27.4. The first-order valence-electron chi connectivity index (χ1n) is 11.2. The van der Waals surface area contributed by atoms with Crippen LogP contribution < -0.4 is 10.2 Å². The van der Waals surface area contributed by atoms with Gasteiger partial charge in [-0.25, -0.2) is 9.80 Å². The number of anilines is 1. The van der Waals surface area contributed by atoms with Crippen molar-refractivity contribution in [2.45, 2.75) is 6.61 Å². The molecular weight excluding hydrogens is 508 g/mol. The molecule has 1 saturated heterocycles. The summed E-state index contributed by atoms with van der Waals surface area (Å²) in [6.45, 7) is 0.486. The molecular formula is C28H20N2O5S2. The van der Waals surface area contributed by atoms with E-state index >= 15 is 0 Å². The molecule has 2 N–H and O–H groups in total. The Hall–Kier alpha value is -4.34. The highest BCUT2D eigenvalue weighted by atomic mass is 32.2. The zero-order valence-corrected chi connectivity index (χ0v) is 20.9. The second-order valence-corrected chi connectivity index (χ2v) is 9.66. The summed E-state index contributed by atoms with van der Waals surface area (Å²) in [7, 11) is 0. The second-order valence-electron chi connectivity index (χ2n) is 7.98. The predicted octanol–water partition coefficient (Wildman–Crippen LogP) is 6.45. The Bertz CT molecular complexity index is 1500. The predicted molar refractivity (Wildman–Crippen MR) is 147 cm³/mol. The fraction of sp³-hybridized carbons (Fsp3) is 0.0357. The molecule has 0 radical (unpaired) electrons. The molecule has 2 heterocycles. The molecule has 1 aliphatic heterocycles. The highest BCUT2D eigenvalue weighted by molar-refractivity contribution is 8.26. The summed E-state index contributed by atoms with van der Waals surface area (Å²) in [4.78, 5) is 24.8. The molecule has 37 heavy (non-hydrogen) atoms. The van der Waals surface area contributed by atoms with Gasteiger partial charge in [0.05, 0.1) is 16.2 Å². The fourth-order valence-corrected chi connectivity index (χ4v) is 4.78. The molecule has 3 aromatic carbocycles. The van der Waals surface area contributed by atoms with Crippen LogP contribution in [0.25, 0.3) is 17.4 Å². The van der Waals surface area contributed by atoms with Gasteiger partial charge in [0.15, 0.2) is 4.32 Å². The van der Waals surface area contributed by atoms with Crippen molar-refractivity contribution in [3.8, 4) is 17.1 Å². The van der Waals surface area contributed by atoms with E-state index in [0.29, 0.717) is 23.0 Å². The SMILES string of the molecule is O=C(O)c1ccccc1NN1C(=O)/C(=C\c2ccc(-c3ccc(OCc4ccccc4)cc3)o2)SC1=S. The number of carboxylic acids is 1. The van der Waals surface area contributed by atoms with Crippen LogP contribution in [0.15, 0.2) is 100 Å². The molecule has 7 nitrogen and oxygen atoms in total. The zero-order chi connectivity index (χ0) is 25.8. The number of nitrogens with zero attached hydrogens (tertiary/aromatic N) is 1. The van der Waals surface area contributed by atoms with Crippen molar-refractivity contribution in [2.75, 3.05) is 5.43 Å². The smallest absolute Gasteiger partial charge is 0.337 e. The zero-order valence-electron chi connectivity index (χ0n) is 19.3. The molecule has 4 aromatic rings. The van der Waals surface area contributed by atoms with E-state index in [-0.39, 0.29) is 15.6 Å². The minimum Gasteiger partial charge on any atom is -0.489 e. The quantitative estimate of drug-likeness (QED) is 0.199. The summed E-state index contributed by atoms with van der Waals surface area (Å²) in [5.41, 5.74) is 5.08. The van der Waals surface area contributed by atoms with Crippen LogP contribution in [0.2, 0.25) is 0 Å². The number of carboxylic acid groups (broad SMARTS) is 1. The van der Waals surface area contributed by atoms with Crippen molar-refractivity contribution < 1.29 is 23.8 Å². The van der Waals surface area contributed by atoms with Gasteiger partial charge in [0, 0.05) is 11.6 Å². The van der Waals surface area contributed by atoms with Crippen LogP contribution in [0.1, 0.15) is 21.7 Å². The number of furan rings is 1. The molecule has 184 valence electrons. The lowest BCUT2D eigenvalue weighted by Gasteiger charge is -2.18. The van der Waals surface area contributed by atoms with Crippen LogP contribution in [0.5, 0.6) is 5.75 Å². The van der Waals surface area contributed by atoms with E-state index in [1.807, 2.05) is 60.7 Å². The number of amides is 1. The van der Waals surface area contributed by atoms with Gasteiger partial charge in [0.25, 0.3) is 5.91 Å². The first-order valence-corrected chi connectivity index (χ1v) is 12.4. The van der Waals surface area contributed by atoms with Gasteiger partial charge in [-0.2, -0.15) is 0 Å². The maximum atomic E-state index is 13.0. The third-order valence-electron chi connectivity index (χ3n) is 5.47. The summed E-state index contributed by atoms with van der Waals surface area (Å²) < 4.78 is 12.0. The number of ether oxygens (including phenoxy) is 1. The summed E-state index contributed by atoms with van der Waals surface area (Å²) in [5, 5.41) is 10.5. The van der Waals surface area contributed by atoms with Crippen LogP contribution in [0, 0.1) is 0 Å². The van der Waals surface area contributed by atoms with Crippen LogP contribution in [-0.2, 0) is 11.4 Å². The number of aromatic carboxylic acids is 1. The van der Waals surface area contributed by atoms with Gasteiger partial charge in [-0.05, 0) is 66.3 Å². The Morgan fingerprint density at radius 2 is 1.73 bits per heavy atom. The number of thiocarbonyl (C=S) groups is 1. The standard InChI is InChI=1S/C28H20N2O5S2/c31-26-25(37-28(36)30(26)29-23-9-5-4-8-22(23)27(32)33)16-21-14-15-24(35-21)19-10-12-20(13-11-19)34-17-18-6-2-1-3-7-18/h1-16,29H,17H2,(H,32,33)/b25-16+. The third-order valence-corrected chi connectivity index (χ3v) is 6.77. The molecule has 0 bridgehead atoms. The van der Waals surface area contributed by atoms with E-state index < -0.39 is 11.9 Å². The van der Waals surface area contributed by atoms with E-state index in [1.54, 1.807) is 30.3 Å². The number of para-hydroxylation sites is 1. The molecule has 1 fully saturated rings. The number of thioether (sulfide) groups is 1. The van der Waals surface area contributed by atoms with Gasteiger partial charge in [0.1, 0.15) is 23.9 Å². The Morgan fingerprint density at radius 3 is 2.49 bits per heavy atom. The van der Waals surface area contributed by atoms with Gasteiger partial charge >= 0.3 is 5.97 Å². The summed E-state index contributed by atoms with van der Waals surface area (Å²) >= 11 is 6.44. The Labute approximate surface area is 222 Å². The van der Waals surface area contributed by atoms with Gasteiger partial charge in [-0.1, -0.05) is 54.2 Å². The van der Waals surface area contributed by atoms with Crippen molar-refractivity contribution in [1.29, 1.82) is 0 Å².